The van der Waals surface area contributed by atoms with Crippen molar-refractivity contribution in [1.29, 1.82) is 0 Å². The number of amides is 1. The van der Waals surface area contributed by atoms with Crippen molar-refractivity contribution in [3.05, 3.63) is 29.8 Å². The number of anilines is 1. The highest BCUT2D eigenvalue weighted by Crippen LogP contribution is 2.47. The van der Waals surface area contributed by atoms with Crippen LogP contribution in [-0.2, 0) is 15.3 Å². The maximum atomic E-state index is 13.7. The lowest BCUT2D eigenvalue weighted by molar-refractivity contribution is -1.20. The van der Waals surface area contributed by atoms with Gasteiger partial charge in [-0.25, -0.2) is 0 Å². The fourth-order valence-corrected chi connectivity index (χ4v) is 6.67. The minimum atomic E-state index is -0.575. The fraction of sp³-hybridized carbons (Fsp3) is 0.619. The Labute approximate surface area is 154 Å². The molecule has 0 unspecified atom stereocenters. The Kier molecular flexibility index (Phi) is 3.01. The topological polar surface area (TPSA) is 55.1 Å². The van der Waals surface area contributed by atoms with E-state index in [9.17, 15) is 9.59 Å². The molecule has 5 aliphatic heterocycles. The summed E-state index contributed by atoms with van der Waals surface area (Å²) in [6.45, 7) is 11.9. The van der Waals surface area contributed by atoms with Crippen molar-refractivity contribution in [1.82, 2.24) is 0 Å². The van der Waals surface area contributed by atoms with Gasteiger partial charge in [-0.05, 0) is 24.0 Å². The summed E-state index contributed by atoms with van der Waals surface area (Å²) in [5.74, 6) is 1.20. The monoisotopic (exact) mass is 355 g/mol. The van der Waals surface area contributed by atoms with Crippen LogP contribution in [0.1, 0.15) is 33.3 Å². The van der Waals surface area contributed by atoms with Crippen LogP contribution >= 0.6 is 0 Å². The first-order valence-electron chi connectivity index (χ1n) is 9.95. The predicted octanol–water partition coefficient (Wildman–Crippen LogP) is -0.544. The summed E-state index contributed by atoms with van der Waals surface area (Å²) in [5.41, 5.74) is 0.907. The first kappa shape index (κ1) is 16.5. The quantitative estimate of drug-likeness (QED) is 0.667. The Balaban J connectivity index is 1.73. The molecule has 0 aliphatic carbocycles. The minimum absolute atomic E-state index is 0.118. The van der Waals surface area contributed by atoms with E-state index in [-0.39, 0.29) is 16.7 Å². The van der Waals surface area contributed by atoms with Gasteiger partial charge in [-0.2, -0.15) is 0 Å². The van der Waals surface area contributed by atoms with E-state index in [0.717, 1.165) is 37.4 Å². The van der Waals surface area contributed by atoms with Crippen LogP contribution in [0.2, 0.25) is 0 Å². The average molecular weight is 355 g/mol. The second kappa shape index (κ2) is 4.76. The summed E-state index contributed by atoms with van der Waals surface area (Å²) in [6.07, 6.45) is 0. The molecule has 4 saturated heterocycles. The molecule has 3 N–H and O–H groups in total. The lowest BCUT2D eigenvalue weighted by Crippen LogP contribution is -3.49. The third kappa shape index (κ3) is 1.53. The zero-order chi connectivity index (χ0) is 18.5. The second-order valence-electron chi connectivity index (χ2n) is 9.61. The Morgan fingerprint density at radius 3 is 1.88 bits per heavy atom. The third-order valence-corrected chi connectivity index (χ3v) is 8.21. The number of carbonyl (C=O) groups is 2. The molecular weight excluding hydrogens is 326 g/mol. The van der Waals surface area contributed by atoms with E-state index < -0.39 is 5.66 Å². The number of rotatable bonds is 2. The van der Waals surface area contributed by atoms with Gasteiger partial charge >= 0.3 is 11.6 Å². The van der Waals surface area contributed by atoms with Gasteiger partial charge in [0.25, 0.3) is 0 Å². The normalized spacial score (nSPS) is 42.8. The molecule has 0 atom stereocenters. The van der Waals surface area contributed by atoms with Crippen LogP contribution in [0.15, 0.2) is 24.3 Å². The van der Waals surface area contributed by atoms with Gasteiger partial charge in [0, 0.05) is 0 Å². The standard InChI is InChI=1S/C21H27N3O2/c1-13(2)19-9-23-11-20(14(3)4,17(19)25)12-24(10-19)21(23)15-7-5-6-8-16(15)22-18(21)26/h5-8,13-14H,9-12H2,1-4H3,(H,22,26)/p+2. The number of quaternary nitrogens is 2. The zero-order valence-corrected chi connectivity index (χ0v) is 16.1. The summed E-state index contributed by atoms with van der Waals surface area (Å²) >= 11 is 0. The second-order valence-corrected chi connectivity index (χ2v) is 9.61. The molecule has 1 aromatic carbocycles. The summed E-state index contributed by atoms with van der Waals surface area (Å²) in [5, 5.41) is 3.15. The van der Waals surface area contributed by atoms with Gasteiger partial charge < -0.3 is 5.32 Å². The number of benzene rings is 1. The molecule has 1 aromatic rings. The molecule has 5 heterocycles. The molecule has 26 heavy (non-hydrogen) atoms. The molecule has 0 aromatic heterocycles. The van der Waals surface area contributed by atoms with Crippen LogP contribution in [0.5, 0.6) is 0 Å². The van der Waals surface area contributed by atoms with Gasteiger partial charge in [-0.15, -0.1) is 0 Å². The van der Waals surface area contributed by atoms with E-state index in [2.05, 4.69) is 39.1 Å². The highest BCUT2D eigenvalue weighted by atomic mass is 16.2. The molecular formula is C21H29N3O2+2. The highest BCUT2D eigenvalue weighted by molar-refractivity contribution is 6.04. The predicted molar refractivity (Wildman–Crippen MR) is 97.7 cm³/mol. The Bertz CT molecular complexity index is 782. The molecule has 6 rings (SSSR count). The van der Waals surface area contributed by atoms with Gasteiger partial charge in [0.1, 0.15) is 42.6 Å². The summed E-state index contributed by atoms with van der Waals surface area (Å²) in [6, 6.07) is 8.14. The molecule has 138 valence electrons. The number of Topliss-reactive ketones (excluding diaryl/α,β-unsaturated/α-hetero) is 1. The number of carbonyl (C=O) groups excluding carboxylic acids is 2. The van der Waals surface area contributed by atoms with E-state index in [0.29, 0.717) is 17.6 Å². The van der Waals surface area contributed by atoms with E-state index in [4.69, 9.17) is 0 Å². The Morgan fingerprint density at radius 2 is 1.38 bits per heavy atom. The molecule has 5 nitrogen and oxygen atoms in total. The van der Waals surface area contributed by atoms with E-state index in [1.165, 1.54) is 9.80 Å². The van der Waals surface area contributed by atoms with Crippen molar-refractivity contribution in [2.75, 3.05) is 31.5 Å². The summed E-state index contributed by atoms with van der Waals surface area (Å²) < 4.78 is 0. The Hall–Kier alpha value is -1.72. The first-order valence-corrected chi connectivity index (χ1v) is 9.95. The van der Waals surface area contributed by atoms with Crippen molar-refractivity contribution in [2.45, 2.75) is 33.4 Å². The van der Waals surface area contributed by atoms with Crippen LogP contribution in [0.25, 0.3) is 0 Å². The number of ketones is 1. The summed E-state index contributed by atoms with van der Waals surface area (Å²) in [7, 11) is 0. The van der Waals surface area contributed by atoms with Crippen molar-refractivity contribution < 1.29 is 19.4 Å². The van der Waals surface area contributed by atoms with Crippen LogP contribution in [-0.4, -0.2) is 37.9 Å². The van der Waals surface area contributed by atoms with Crippen molar-refractivity contribution in [2.24, 2.45) is 22.7 Å². The maximum absolute atomic E-state index is 13.7. The SMILES string of the molecule is CC(C)C12C[NH+]3CC(C(C)C)(C[NH+](C1)C31C(=O)Nc3ccccc31)C2=O. The summed E-state index contributed by atoms with van der Waals surface area (Å²) in [4.78, 5) is 29.6. The van der Waals surface area contributed by atoms with Crippen LogP contribution < -0.4 is 15.1 Å². The maximum Gasteiger partial charge on any atom is 0.351 e. The minimum Gasteiger partial charge on any atom is -0.314 e. The number of piperidine rings is 2. The van der Waals surface area contributed by atoms with Crippen LogP contribution in [0.3, 0.4) is 0 Å². The fourth-order valence-electron chi connectivity index (χ4n) is 6.67. The number of para-hydroxylation sites is 1. The Morgan fingerprint density at radius 1 is 0.885 bits per heavy atom. The van der Waals surface area contributed by atoms with Gasteiger partial charge in [0.2, 0.25) is 0 Å². The molecule has 4 fully saturated rings. The lowest BCUT2D eigenvalue weighted by Gasteiger charge is -2.65. The van der Waals surface area contributed by atoms with Gasteiger partial charge in [-0.3, -0.25) is 19.4 Å². The number of hydrogen-bond acceptors (Lipinski definition) is 2. The molecule has 0 radical (unpaired) electrons. The van der Waals surface area contributed by atoms with Gasteiger partial charge in [0.15, 0.2) is 5.78 Å². The van der Waals surface area contributed by atoms with E-state index in [1.807, 2.05) is 18.2 Å². The third-order valence-electron chi connectivity index (χ3n) is 8.21. The number of hydrogen-bond donors (Lipinski definition) is 3. The average Bonchev–Trinajstić information content (AvgIpc) is 2.87. The molecule has 4 bridgehead atoms. The molecule has 1 amide bonds. The van der Waals surface area contributed by atoms with E-state index in [1.54, 1.807) is 0 Å². The zero-order valence-electron chi connectivity index (χ0n) is 16.1. The first-order chi connectivity index (χ1) is 12.3. The van der Waals surface area contributed by atoms with Crippen LogP contribution in [0, 0.1) is 22.7 Å². The van der Waals surface area contributed by atoms with Crippen molar-refractivity contribution >= 4 is 17.4 Å². The largest absolute Gasteiger partial charge is 0.351 e. The van der Waals surface area contributed by atoms with Crippen molar-refractivity contribution in [3.63, 3.8) is 0 Å². The number of nitrogens with one attached hydrogen (secondary N) is 3. The molecule has 5 heteroatoms. The smallest absolute Gasteiger partial charge is 0.314 e. The molecule has 1 spiro atoms. The molecule has 5 aliphatic rings. The van der Waals surface area contributed by atoms with Crippen molar-refractivity contribution in [3.8, 4) is 0 Å². The van der Waals surface area contributed by atoms with Crippen LogP contribution in [0.4, 0.5) is 5.69 Å². The lowest BCUT2D eigenvalue weighted by atomic mass is 9.52. The molecule has 0 saturated carbocycles. The number of fused-ring (bicyclic) bond motifs is 1. The van der Waals surface area contributed by atoms with E-state index >= 15 is 0 Å². The highest BCUT2D eigenvalue weighted by Gasteiger charge is 2.80. The van der Waals surface area contributed by atoms with Gasteiger partial charge in [-0.1, -0.05) is 39.8 Å². The van der Waals surface area contributed by atoms with Gasteiger partial charge in [0.05, 0.1) is 5.69 Å².